The van der Waals surface area contributed by atoms with Crippen LogP contribution in [0.1, 0.15) is 30.9 Å². The van der Waals surface area contributed by atoms with Crippen molar-refractivity contribution in [2.45, 2.75) is 26.7 Å². The van der Waals surface area contributed by atoms with Gasteiger partial charge < -0.3 is 20.1 Å². The lowest BCUT2D eigenvalue weighted by Gasteiger charge is -2.09. The van der Waals surface area contributed by atoms with Gasteiger partial charge in [-0.25, -0.2) is 5.43 Å². The summed E-state index contributed by atoms with van der Waals surface area (Å²) in [5, 5.41) is 9.13. The normalized spacial score (nSPS) is 10.5. The summed E-state index contributed by atoms with van der Waals surface area (Å²) in [7, 11) is 0. The Morgan fingerprint density at radius 3 is 2.41 bits per heavy atom. The molecule has 0 spiro atoms. The van der Waals surface area contributed by atoms with Gasteiger partial charge in [-0.05, 0) is 66.9 Å². The van der Waals surface area contributed by atoms with E-state index in [-0.39, 0.29) is 12.5 Å². The number of carbonyl (C=O) groups excluding carboxylic acids is 3. The molecule has 3 rings (SSSR count). The third-order valence-electron chi connectivity index (χ3n) is 5.11. The molecule has 3 N–H and O–H groups in total. The minimum absolute atomic E-state index is 0.169. The van der Waals surface area contributed by atoms with Crippen molar-refractivity contribution in [3.63, 3.8) is 0 Å². The van der Waals surface area contributed by atoms with Crippen LogP contribution in [-0.2, 0) is 14.4 Å². The average molecular weight is 503 g/mol. The van der Waals surface area contributed by atoms with Crippen molar-refractivity contribution in [3.05, 3.63) is 83.9 Å². The number of unbranched alkanes of at least 4 members (excludes halogenated alkanes) is 1. The summed E-state index contributed by atoms with van der Waals surface area (Å²) in [6.07, 6.45) is 3.37. The monoisotopic (exact) mass is 502 g/mol. The number of hydrogen-bond donors (Lipinski definition) is 3. The SMILES string of the molecule is CCCCOc1ccc(NC(=O)C(=O)N/N=C\c2cccc(OCC(=O)Nc3ccccc3C)c2)cc1. The highest BCUT2D eigenvalue weighted by Crippen LogP contribution is 2.16. The van der Waals surface area contributed by atoms with Crippen molar-refractivity contribution >= 4 is 35.3 Å². The predicted octanol–water partition coefficient (Wildman–Crippen LogP) is 4.28. The molecule has 0 bridgehead atoms. The Morgan fingerprint density at radius 1 is 0.865 bits per heavy atom. The highest BCUT2D eigenvalue weighted by Gasteiger charge is 2.13. The van der Waals surface area contributed by atoms with Crippen molar-refractivity contribution in [1.29, 1.82) is 0 Å². The summed E-state index contributed by atoms with van der Waals surface area (Å²) in [6, 6.07) is 21.0. The Balaban J connectivity index is 1.44. The van der Waals surface area contributed by atoms with Crippen molar-refractivity contribution in [1.82, 2.24) is 5.43 Å². The standard InChI is InChI=1S/C28H30N4O5/c1-3-4-16-36-23-14-12-22(13-15-23)30-27(34)28(35)32-29-18-21-9-7-10-24(17-21)37-19-26(33)31-25-11-6-5-8-20(25)2/h5-15,17-18H,3-4,16,19H2,1-2H3,(H,30,34)(H,31,33)(H,32,35)/b29-18-. The fourth-order valence-electron chi connectivity index (χ4n) is 3.11. The van der Waals surface area contributed by atoms with Crippen molar-refractivity contribution in [3.8, 4) is 11.5 Å². The van der Waals surface area contributed by atoms with E-state index in [9.17, 15) is 14.4 Å². The van der Waals surface area contributed by atoms with Gasteiger partial charge in [-0.3, -0.25) is 14.4 Å². The van der Waals surface area contributed by atoms with Crippen LogP contribution >= 0.6 is 0 Å². The van der Waals surface area contributed by atoms with Crippen molar-refractivity contribution < 1.29 is 23.9 Å². The topological polar surface area (TPSA) is 118 Å². The molecule has 3 aromatic rings. The zero-order valence-electron chi connectivity index (χ0n) is 20.8. The maximum atomic E-state index is 12.2. The van der Waals surface area contributed by atoms with E-state index in [0.717, 1.165) is 24.1 Å². The number of benzene rings is 3. The molecule has 0 aliphatic rings. The highest BCUT2D eigenvalue weighted by atomic mass is 16.5. The summed E-state index contributed by atoms with van der Waals surface area (Å²) in [4.78, 5) is 36.4. The number of para-hydroxylation sites is 1. The van der Waals surface area contributed by atoms with Crippen molar-refractivity contribution in [2.75, 3.05) is 23.8 Å². The Bertz CT molecular complexity index is 1240. The van der Waals surface area contributed by atoms with E-state index in [1.807, 2.05) is 31.2 Å². The molecule has 0 aliphatic heterocycles. The molecule has 0 heterocycles. The second kappa shape index (κ2) is 14.0. The van der Waals surface area contributed by atoms with Gasteiger partial charge in [-0.2, -0.15) is 5.10 Å². The molecular formula is C28H30N4O5. The number of aryl methyl sites for hydroxylation is 1. The second-order valence-electron chi connectivity index (χ2n) is 8.10. The number of nitrogens with zero attached hydrogens (tertiary/aromatic N) is 1. The summed E-state index contributed by atoms with van der Waals surface area (Å²) in [5.41, 5.74) is 4.94. The summed E-state index contributed by atoms with van der Waals surface area (Å²) < 4.78 is 11.1. The van der Waals surface area contributed by atoms with Crippen LogP contribution in [0, 0.1) is 6.92 Å². The number of nitrogens with one attached hydrogen (secondary N) is 3. The fourth-order valence-corrected chi connectivity index (χ4v) is 3.11. The molecule has 37 heavy (non-hydrogen) atoms. The van der Waals surface area contributed by atoms with E-state index in [1.54, 1.807) is 48.5 Å². The number of ether oxygens (including phenoxy) is 2. The third-order valence-corrected chi connectivity index (χ3v) is 5.11. The lowest BCUT2D eigenvalue weighted by molar-refractivity contribution is -0.136. The van der Waals surface area contributed by atoms with Gasteiger partial charge in [-0.1, -0.05) is 43.7 Å². The molecule has 0 unspecified atom stereocenters. The Labute approximate surface area is 215 Å². The number of rotatable bonds is 11. The van der Waals surface area contributed by atoms with Crippen LogP contribution in [0.25, 0.3) is 0 Å². The third kappa shape index (κ3) is 9.14. The number of carbonyl (C=O) groups is 3. The molecule has 0 saturated carbocycles. The van der Waals surface area contributed by atoms with E-state index in [2.05, 4.69) is 28.1 Å². The molecule has 3 aromatic carbocycles. The Hall–Kier alpha value is -4.66. The van der Waals surface area contributed by atoms with E-state index in [0.29, 0.717) is 29.4 Å². The van der Waals surface area contributed by atoms with Gasteiger partial charge in [0.15, 0.2) is 6.61 Å². The van der Waals surface area contributed by atoms with Gasteiger partial charge in [0.25, 0.3) is 5.91 Å². The molecule has 0 saturated heterocycles. The van der Waals surface area contributed by atoms with Gasteiger partial charge in [0.1, 0.15) is 11.5 Å². The number of hydrazone groups is 1. The first-order valence-corrected chi connectivity index (χ1v) is 11.9. The zero-order valence-corrected chi connectivity index (χ0v) is 20.8. The maximum absolute atomic E-state index is 12.2. The maximum Gasteiger partial charge on any atom is 0.329 e. The lowest BCUT2D eigenvalue weighted by atomic mass is 10.2. The molecular weight excluding hydrogens is 472 g/mol. The zero-order chi connectivity index (χ0) is 26.5. The van der Waals surface area contributed by atoms with E-state index in [1.165, 1.54) is 6.21 Å². The van der Waals surface area contributed by atoms with Crippen molar-refractivity contribution in [2.24, 2.45) is 5.10 Å². The van der Waals surface area contributed by atoms with E-state index < -0.39 is 11.8 Å². The van der Waals surface area contributed by atoms with Gasteiger partial charge in [0.05, 0.1) is 12.8 Å². The molecule has 9 heteroatoms. The quantitative estimate of drug-likeness (QED) is 0.157. The van der Waals surface area contributed by atoms with Crippen LogP contribution in [0.2, 0.25) is 0 Å². The molecule has 9 nitrogen and oxygen atoms in total. The average Bonchev–Trinajstić information content (AvgIpc) is 2.90. The largest absolute Gasteiger partial charge is 0.494 e. The molecule has 192 valence electrons. The van der Waals surface area contributed by atoms with Crippen LogP contribution in [0.5, 0.6) is 11.5 Å². The van der Waals surface area contributed by atoms with E-state index >= 15 is 0 Å². The molecule has 0 atom stereocenters. The van der Waals surface area contributed by atoms with Crippen LogP contribution in [-0.4, -0.2) is 37.1 Å². The summed E-state index contributed by atoms with van der Waals surface area (Å²) in [5.74, 6) is -0.910. The molecule has 0 aliphatic carbocycles. The fraction of sp³-hybridized carbons (Fsp3) is 0.214. The van der Waals surface area contributed by atoms with Crippen LogP contribution in [0.4, 0.5) is 11.4 Å². The number of hydrogen-bond acceptors (Lipinski definition) is 6. The first kappa shape index (κ1) is 26.9. The predicted molar refractivity (Wildman–Crippen MR) is 143 cm³/mol. The summed E-state index contributed by atoms with van der Waals surface area (Å²) in [6.45, 7) is 4.45. The minimum Gasteiger partial charge on any atom is -0.494 e. The number of amides is 3. The van der Waals surface area contributed by atoms with Crippen LogP contribution in [0.3, 0.4) is 0 Å². The first-order valence-electron chi connectivity index (χ1n) is 11.9. The highest BCUT2D eigenvalue weighted by molar-refractivity contribution is 6.39. The number of anilines is 2. The van der Waals surface area contributed by atoms with Gasteiger partial charge in [0, 0.05) is 11.4 Å². The summed E-state index contributed by atoms with van der Waals surface area (Å²) >= 11 is 0. The van der Waals surface area contributed by atoms with Gasteiger partial charge >= 0.3 is 11.8 Å². The van der Waals surface area contributed by atoms with Gasteiger partial charge in [-0.15, -0.1) is 0 Å². The van der Waals surface area contributed by atoms with Crippen LogP contribution < -0.4 is 25.5 Å². The lowest BCUT2D eigenvalue weighted by Crippen LogP contribution is -2.32. The molecule has 0 aromatic heterocycles. The minimum atomic E-state index is -0.917. The Morgan fingerprint density at radius 2 is 1.65 bits per heavy atom. The van der Waals surface area contributed by atoms with Gasteiger partial charge in [0.2, 0.25) is 0 Å². The molecule has 0 fully saturated rings. The second-order valence-corrected chi connectivity index (χ2v) is 8.10. The first-order chi connectivity index (χ1) is 17.9. The Kier molecular flexibility index (Phi) is 10.2. The smallest absolute Gasteiger partial charge is 0.329 e. The van der Waals surface area contributed by atoms with E-state index in [4.69, 9.17) is 9.47 Å². The molecule has 3 amide bonds. The molecule has 0 radical (unpaired) electrons. The van der Waals surface area contributed by atoms with Crippen LogP contribution in [0.15, 0.2) is 77.9 Å².